The van der Waals surface area contributed by atoms with Gasteiger partial charge >= 0.3 is 6.09 Å². The molecule has 122 valence electrons. The summed E-state index contributed by atoms with van der Waals surface area (Å²) in [6.07, 6.45) is 4.62. The molecule has 1 N–H and O–H groups in total. The molecule has 1 aromatic heterocycles. The second-order valence-electron chi connectivity index (χ2n) is 6.53. The van der Waals surface area contributed by atoms with E-state index in [9.17, 15) is 4.79 Å². The zero-order chi connectivity index (χ0) is 16.2. The lowest BCUT2D eigenvalue weighted by molar-refractivity contribution is 0.0265. The molecule has 0 bridgehead atoms. The number of carbonyl (C=O) groups excluding carboxylic acids is 1. The third-order valence-electron chi connectivity index (χ3n) is 3.26. The number of ether oxygens (including phenoxy) is 1. The van der Waals surface area contributed by atoms with Crippen LogP contribution in [-0.4, -0.2) is 51.2 Å². The fourth-order valence-electron chi connectivity index (χ4n) is 2.19. The molecule has 0 aromatic carbocycles. The number of aromatic nitrogens is 3. The van der Waals surface area contributed by atoms with Gasteiger partial charge in [-0.05, 0) is 27.2 Å². The Hall–Kier alpha value is -1.89. The van der Waals surface area contributed by atoms with Crippen LogP contribution in [0.4, 0.5) is 4.79 Å². The summed E-state index contributed by atoms with van der Waals surface area (Å²) in [5.74, 6) is 0. The maximum Gasteiger partial charge on any atom is 0.410 e. The maximum atomic E-state index is 12.0. The minimum absolute atomic E-state index is 0.240. The zero-order valence-corrected chi connectivity index (χ0v) is 13.8. The number of amides is 1. The molecule has 1 aliphatic heterocycles. The van der Waals surface area contributed by atoms with Crippen LogP contribution in [-0.2, 0) is 18.3 Å². The van der Waals surface area contributed by atoms with Gasteiger partial charge in [0.1, 0.15) is 5.60 Å². The summed E-state index contributed by atoms with van der Waals surface area (Å²) >= 11 is 0. The smallest absolute Gasteiger partial charge is 0.410 e. The van der Waals surface area contributed by atoms with Crippen LogP contribution in [0.3, 0.4) is 0 Å². The van der Waals surface area contributed by atoms with Crippen LogP contribution in [0, 0.1) is 0 Å². The van der Waals surface area contributed by atoms with E-state index in [1.54, 1.807) is 9.58 Å². The molecular formula is C15H25N5O2. The minimum Gasteiger partial charge on any atom is -0.444 e. The van der Waals surface area contributed by atoms with Gasteiger partial charge in [-0.25, -0.2) is 4.79 Å². The van der Waals surface area contributed by atoms with E-state index in [-0.39, 0.29) is 6.09 Å². The topological polar surface area (TPSA) is 72.3 Å². The van der Waals surface area contributed by atoms with Gasteiger partial charge in [-0.2, -0.15) is 0 Å². The van der Waals surface area contributed by atoms with E-state index in [0.717, 1.165) is 18.7 Å². The molecule has 0 aliphatic carbocycles. The third kappa shape index (κ3) is 5.14. The normalized spacial score (nSPS) is 15.6. The number of carbonyl (C=O) groups is 1. The summed E-state index contributed by atoms with van der Waals surface area (Å²) in [5.41, 5.74) is 1.79. The van der Waals surface area contributed by atoms with E-state index >= 15 is 0 Å². The van der Waals surface area contributed by atoms with Crippen LogP contribution in [0.1, 0.15) is 32.9 Å². The number of hydrogen-bond donors (Lipinski definition) is 1. The summed E-state index contributed by atoms with van der Waals surface area (Å²) in [5, 5.41) is 11.3. The highest BCUT2D eigenvalue weighted by molar-refractivity contribution is 5.68. The van der Waals surface area contributed by atoms with Crippen LogP contribution in [0.25, 0.3) is 0 Å². The Morgan fingerprint density at radius 2 is 2.18 bits per heavy atom. The van der Waals surface area contributed by atoms with E-state index in [4.69, 9.17) is 4.74 Å². The average molecular weight is 307 g/mol. The Labute approximate surface area is 131 Å². The molecule has 0 fully saturated rings. The van der Waals surface area contributed by atoms with Gasteiger partial charge in [0.25, 0.3) is 0 Å². The molecule has 22 heavy (non-hydrogen) atoms. The Morgan fingerprint density at radius 3 is 2.73 bits per heavy atom. The van der Waals surface area contributed by atoms with E-state index in [0.29, 0.717) is 19.6 Å². The lowest BCUT2D eigenvalue weighted by Gasteiger charge is -2.29. The maximum absolute atomic E-state index is 12.0. The first kappa shape index (κ1) is 16.5. The number of aryl methyl sites for hydroxylation is 1. The van der Waals surface area contributed by atoms with Gasteiger partial charge < -0.3 is 15.0 Å². The summed E-state index contributed by atoms with van der Waals surface area (Å²) in [6.45, 7) is 8.45. The second-order valence-corrected chi connectivity index (χ2v) is 6.53. The van der Waals surface area contributed by atoms with Gasteiger partial charge in [0, 0.05) is 39.4 Å². The Balaban J connectivity index is 1.73. The molecule has 7 heteroatoms. The second kappa shape index (κ2) is 6.91. The monoisotopic (exact) mass is 307 g/mol. The van der Waals surface area contributed by atoms with E-state index in [2.05, 4.69) is 21.7 Å². The van der Waals surface area contributed by atoms with E-state index in [1.807, 2.05) is 34.0 Å². The highest BCUT2D eigenvalue weighted by atomic mass is 16.6. The molecule has 1 amide bonds. The number of nitrogens with one attached hydrogen (secondary N) is 1. The Morgan fingerprint density at radius 1 is 1.41 bits per heavy atom. The Bertz CT molecular complexity index is 544. The molecule has 0 saturated carbocycles. The molecule has 0 spiro atoms. The first-order chi connectivity index (χ1) is 10.3. The summed E-state index contributed by atoms with van der Waals surface area (Å²) in [6, 6.07) is 0. The molecule has 0 atom stereocenters. The van der Waals surface area contributed by atoms with Gasteiger partial charge in [-0.3, -0.25) is 4.68 Å². The number of nitrogens with zero attached hydrogens (tertiary/aromatic N) is 4. The number of rotatable bonds is 4. The highest BCUT2D eigenvalue weighted by Crippen LogP contribution is 2.15. The van der Waals surface area contributed by atoms with Crippen molar-refractivity contribution in [1.82, 2.24) is 25.2 Å². The third-order valence-corrected chi connectivity index (χ3v) is 3.26. The predicted octanol–water partition coefficient (Wildman–Crippen LogP) is 1.47. The van der Waals surface area contributed by atoms with Crippen molar-refractivity contribution in [2.75, 3.05) is 19.6 Å². The molecule has 0 unspecified atom stereocenters. The van der Waals surface area contributed by atoms with Crippen LogP contribution < -0.4 is 5.32 Å². The van der Waals surface area contributed by atoms with Gasteiger partial charge in [0.05, 0.1) is 5.69 Å². The van der Waals surface area contributed by atoms with Crippen molar-refractivity contribution >= 4 is 6.09 Å². The van der Waals surface area contributed by atoms with Crippen LogP contribution in [0.2, 0.25) is 0 Å². The molecule has 2 rings (SSSR count). The van der Waals surface area contributed by atoms with Crippen molar-refractivity contribution in [3.63, 3.8) is 0 Å². The highest BCUT2D eigenvalue weighted by Gasteiger charge is 2.23. The number of hydrogen-bond acceptors (Lipinski definition) is 5. The molecule has 0 saturated heterocycles. The van der Waals surface area contributed by atoms with Gasteiger partial charge in [-0.15, -0.1) is 5.10 Å². The van der Waals surface area contributed by atoms with Crippen molar-refractivity contribution < 1.29 is 9.53 Å². The standard InChI is InChI=1S/C15H25N5O2/c1-15(2,3)22-14(21)20-7-5-12(6-8-20)9-16-10-13-11-19(4)18-17-13/h5,11,16H,6-10H2,1-4H3. The summed E-state index contributed by atoms with van der Waals surface area (Å²) < 4.78 is 7.07. The predicted molar refractivity (Wildman–Crippen MR) is 83.2 cm³/mol. The SMILES string of the molecule is Cn1cc(CNCC2=CCN(C(=O)OC(C)(C)C)CC2)nn1. The van der Waals surface area contributed by atoms with E-state index in [1.165, 1.54) is 5.57 Å². The minimum atomic E-state index is -0.445. The van der Waals surface area contributed by atoms with Crippen LogP contribution >= 0.6 is 0 Å². The Kier molecular flexibility index (Phi) is 5.18. The lowest BCUT2D eigenvalue weighted by atomic mass is 10.1. The summed E-state index contributed by atoms with van der Waals surface area (Å²) in [4.78, 5) is 13.7. The average Bonchev–Trinajstić information content (AvgIpc) is 2.83. The van der Waals surface area contributed by atoms with Gasteiger partial charge in [0.2, 0.25) is 0 Å². The fourth-order valence-corrected chi connectivity index (χ4v) is 2.19. The van der Waals surface area contributed by atoms with E-state index < -0.39 is 5.60 Å². The molecule has 1 aliphatic rings. The molecular weight excluding hydrogens is 282 g/mol. The van der Waals surface area contributed by atoms with Crippen molar-refractivity contribution in [2.24, 2.45) is 7.05 Å². The van der Waals surface area contributed by atoms with Gasteiger partial charge in [0.15, 0.2) is 0 Å². The zero-order valence-electron chi connectivity index (χ0n) is 13.8. The molecule has 2 heterocycles. The quantitative estimate of drug-likeness (QED) is 0.853. The first-order valence-electron chi connectivity index (χ1n) is 7.55. The van der Waals surface area contributed by atoms with Crippen molar-refractivity contribution in [2.45, 2.75) is 39.3 Å². The first-order valence-corrected chi connectivity index (χ1v) is 7.55. The lowest BCUT2D eigenvalue weighted by Crippen LogP contribution is -2.39. The summed E-state index contributed by atoms with van der Waals surface area (Å²) in [7, 11) is 1.85. The largest absolute Gasteiger partial charge is 0.444 e. The molecule has 0 radical (unpaired) electrons. The van der Waals surface area contributed by atoms with Crippen molar-refractivity contribution in [3.8, 4) is 0 Å². The van der Waals surface area contributed by atoms with Crippen LogP contribution in [0.15, 0.2) is 17.8 Å². The van der Waals surface area contributed by atoms with Gasteiger partial charge in [-0.1, -0.05) is 16.9 Å². The van der Waals surface area contributed by atoms with Crippen molar-refractivity contribution in [1.29, 1.82) is 0 Å². The van der Waals surface area contributed by atoms with Crippen molar-refractivity contribution in [3.05, 3.63) is 23.5 Å². The molecule has 7 nitrogen and oxygen atoms in total. The molecule has 1 aromatic rings. The fraction of sp³-hybridized carbons (Fsp3) is 0.667. The van der Waals surface area contributed by atoms with Crippen LogP contribution in [0.5, 0.6) is 0 Å².